The normalized spacial score (nSPS) is 23.6. The van der Waals surface area contributed by atoms with Gasteiger partial charge < -0.3 is 0 Å². The summed E-state index contributed by atoms with van der Waals surface area (Å²) < 4.78 is 24.3. The predicted octanol–water partition coefficient (Wildman–Crippen LogP) is 5.73. The van der Waals surface area contributed by atoms with Gasteiger partial charge in [-0.3, -0.25) is 0 Å². The van der Waals surface area contributed by atoms with Gasteiger partial charge in [-0.15, -0.1) is 0 Å². The minimum atomic E-state index is -2.31. The van der Waals surface area contributed by atoms with Crippen LogP contribution in [-0.2, 0) is 6.42 Å². The summed E-state index contributed by atoms with van der Waals surface area (Å²) in [6, 6.07) is 8.99. The lowest BCUT2D eigenvalue weighted by atomic mass is 9.78. The van der Waals surface area contributed by atoms with Crippen LogP contribution in [0.4, 0.5) is 8.78 Å². The smallest absolute Gasteiger partial charge is 0.206 e. The molecule has 0 aliphatic heterocycles. The molecule has 1 aliphatic carbocycles. The molecule has 0 aromatic heterocycles. The SMILES string of the molecule is CCCc1ccc(C2CCC(/C=C/C(F)F)CC2)cc1. The first-order valence-electron chi connectivity index (χ1n) is 7.74. The molecule has 0 amide bonds. The van der Waals surface area contributed by atoms with Gasteiger partial charge in [-0.25, -0.2) is 8.78 Å². The van der Waals surface area contributed by atoms with Crippen molar-refractivity contribution in [2.75, 3.05) is 0 Å². The molecule has 1 aliphatic rings. The zero-order valence-electron chi connectivity index (χ0n) is 12.2. The molecule has 0 spiro atoms. The molecule has 0 unspecified atom stereocenters. The number of aryl methyl sites for hydroxylation is 1. The van der Waals surface area contributed by atoms with Gasteiger partial charge >= 0.3 is 0 Å². The maximum Gasteiger partial charge on any atom is 0.257 e. The third-order valence-electron chi connectivity index (χ3n) is 4.29. The standard InChI is InChI=1S/C18H24F2/c1-2-3-14-4-9-16(10-5-14)17-11-6-15(7-12-17)8-13-18(19)20/h4-5,8-10,13,15,17-18H,2-3,6-7,11-12H2,1H3/b13-8+. The maximum atomic E-state index is 12.1. The highest BCUT2D eigenvalue weighted by Crippen LogP contribution is 2.36. The van der Waals surface area contributed by atoms with Crippen LogP contribution in [0.5, 0.6) is 0 Å². The fourth-order valence-electron chi connectivity index (χ4n) is 3.13. The lowest BCUT2D eigenvalue weighted by molar-refractivity contribution is 0.202. The summed E-state index contributed by atoms with van der Waals surface area (Å²) in [5.41, 5.74) is 2.82. The van der Waals surface area contributed by atoms with Crippen molar-refractivity contribution in [3.8, 4) is 0 Å². The highest BCUT2D eigenvalue weighted by molar-refractivity contribution is 5.26. The molecule has 0 saturated heterocycles. The zero-order valence-corrected chi connectivity index (χ0v) is 12.2. The number of allylic oxidation sites excluding steroid dienone is 2. The predicted molar refractivity (Wildman–Crippen MR) is 80.3 cm³/mol. The highest BCUT2D eigenvalue weighted by atomic mass is 19.3. The Balaban J connectivity index is 1.87. The van der Waals surface area contributed by atoms with Gasteiger partial charge in [0.05, 0.1) is 0 Å². The van der Waals surface area contributed by atoms with Gasteiger partial charge in [0.15, 0.2) is 0 Å². The molecule has 0 bridgehead atoms. The van der Waals surface area contributed by atoms with Gasteiger partial charge in [0.2, 0.25) is 0 Å². The van der Waals surface area contributed by atoms with E-state index in [-0.39, 0.29) is 0 Å². The quantitative estimate of drug-likeness (QED) is 0.603. The minimum Gasteiger partial charge on any atom is -0.206 e. The third-order valence-corrected chi connectivity index (χ3v) is 4.29. The van der Waals surface area contributed by atoms with Crippen molar-refractivity contribution < 1.29 is 8.78 Å². The molecule has 1 fully saturated rings. The van der Waals surface area contributed by atoms with Gasteiger partial charge in [-0.2, -0.15) is 0 Å². The number of hydrogen-bond donors (Lipinski definition) is 0. The van der Waals surface area contributed by atoms with E-state index in [1.807, 2.05) is 0 Å². The van der Waals surface area contributed by atoms with Crippen LogP contribution < -0.4 is 0 Å². The van der Waals surface area contributed by atoms with Crippen molar-refractivity contribution in [1.82, 2.24) is 0 Å². The lowest BCUT2D eigenvalue weighted by Gasteiger charge is -2.27. The lowest BCUT2D eigenvalue weighted by Crippen LogP contribution is -2.12. The van der Waals surface area contributed by atoms with Crippen molar-refractivity contribution in [1.29, 1.82) is 0 Å². The second kappa shape index (κ2) is 7.56. The van der Waals surface area contributed by atoms with E-state index in [1.54, 1.807) is 6.08 Å². The van der Waals surface area contributed by atoms with Crippen molar-refractivity contribution in [3.05, 3.63) is 47.5 Å². The molecule has 0 atom stereocenters. The molecule has 0 radical (unpaired) electrons. The van der Waals surface area contributed by atoms with Crippen molar-refractivity contribution in [2.24, 2.45) is 5.92 Å². The van der Waals surface area contributed by atoms with Gasteiger partial charge in [-0.05, 0) is 61.1 Å². The Kier molecular flexibility index (Phi) is 5.75. The van der Waals surface area contributed by atoms with Crippen LogP contribution in [0, 0.1) is 5.92 Å². The first-order valence-corrected chi connectivity index (χ1v) is 7.74. The first kappa shape index (κ1) is 15.2. The van der Waals surface area contributed by atoms with E-state index in [2.05, 4.69) is 31.2 Å². The second-order valence-electron chi connectivity index (χ2n) is 5.82. The summed E-state index contributed by atoms with van der Waals surface area (Å²) in [6.45, 7) is 2.20. The van der Waals surface area contributed by atoms with Crippen molar-refractivity contribution >= 4 is 0 Å². The molecule has 0 heterocycles. The van der Waals surface area contributed by atoms with Crippen LogP contribution in [0.15, 0.2) is 36.4 Å². The van der Waals surface area contributed by atoms with E-state index in [4.69, 9.17) is 0 Å². The summed E-state index contributed by atoms with van der Waals surface area (Å²) in [7, 11) is 0. The topological polar surface area (TPSA) is 0 Å². The van der Waals surface area contributed by atoms with Gasteiger partial charge in [0.25, 0.3) is 6.43 Å². The second-order valence-corrected chi connectivity index (χ2v) is 5.82. The van der Waals surface area contributed by atoms with E-state index < -0.39 is 6.43 Å². The Hall–Kier alpha value is -1.18. The molecule has 1 aromatic carbocycles. The molecular formula is C18H24F2. The Morgan fingerprint density at radius 1 is 1.10 bits per heavy atom. The Labute approximate surface area is 120 Å². The van der Waals surface area contributed by atoms with Crippen LogP contribution in [0.2, 0.25) is 0 Å². The van der Waals surface area contributed by atoms with Crippen LogP contribution in [0.1, 0.15) is 56.1 Å². The average Bonchev–Trinajstić information content (AvgIpc) is 2.47. The van der Waals surface area contributed by atoms with E-state index in [0.29, 0.717) is 11.8 Å². The fourth-order valence-corrected chi connectivity index (χ4v) is 3.13. The molecule has 1 aromatic rings. The van der Waals surface area contributed by atoms with E-state index in [1.165, 1.54) is 17.5 Å². The van der Waals surface area contributed by atoms with Gasteiger partial charge in [-0.1, -0.05) is 43.7 Å². The van der Waals surface area contributed by atoms with E-state index in [0.717, 1.165) is 38.2 Å². The Bertz CT molecular complexity index is 412. The summed E-state index contributed by atoms with van der Waals surface area (Å²) >= 11 is 0. The fraction of sp³-hybridized carbons (Fsp3) is 0.556. The molecule has 20 heavy (non-hydrogen) atoms. The monoisotopic (exact) mass is 278 g/mol. The van der Waals surface area contributed by atoms with Crippen LogP contribution in [-0.4, -0.2) is 6.43 Å². The molecular weight excluding hydrogens is 254 g/mol. The van der Waals surface area contributed by atoms with Crippen LogP contribution in [0.25, 0.3) is 0 Å². The summed E-state index contributed by atoms with van der Waals surface area (Å²) in [5.74, 6) is 0.960. The van der Waals surface area contributed by atoms with Crippen LogP contribution in [0.3, 0.4) is 0 Å². The summed E-state index contributed by atoms with van der Waals surface area (Å²) in [5, 5.41) is 0. The largest absolute Gasteiger partial charge is 0.257 e. The third kappa shape index (κ3) is 4.43. The Morgan fingerprint density at radius 2 is 1.75 bits per heavy atom. The molecule has 0 nitrogen and oxygen atoms in total. The summed E-state index contributed by atoms with van der Waals surface area (Å²) in [6.07, 6.45) is 7.08. The molecule has 1 saturated carbocycles. The number of hydrogen-bond acceptors (Lipinski definition) is 0. The van der Waals surface area contributed by atoms with Crippen molar-refractivity contribution in [2.45, 2.75) is 57.8 Å². The number of rotatable bonds is 5. The summed E-state index contributed by atoms with van der Waals surface area (Å²) in [4.78, 5) is 0. The van der Waals surface area contributed by atoms with Gasteiger partial charge in [0, 0.05) is 0 Å². The number of alkyl halides is 2. The highest BCUT2D eigenvalue weighted by Gasteiger charge is 2.20. The molecule has 2 heteroatoms. The Morgan fingerprint density at radius 3 is 2.30 bits per heavy atom. The number of benzene rings is 1. The maximum absolute atomic E-state index is 12.1. The zero-order chi connectivity index (χ0) is 14.4. The number of halogens is 2. The van der Waals surface area contributed by atoms with E-state index >= 15 is 0 Å². The average molecular weight is 278 g/mol. The molecule has 0 N–H and O–H groups in total. The molecule has 110 valence electrons. The van der Waals surface area contributed by atoms with Crippen molar-refractivity contribution in [3.63, 3.8) is 0 Å². The molecule has 2 rings (SSSR count). The minimum absolute atomic E-state index is 0.347. The first-order chi connectivity index (χ1) is 9.69. The van der Waals surface area contributed by atoms with Gasteiger partial charge in [0.1, 0.15) is 0 Å². The van der Waals surface area contributed by atoms with Crippen LogP contribution >= 0.6 is 0 Å². The van der Waals surface area contributed by atoms with E-state index in [9.17, 15) is 8.78 Å².